The second-order valence-electron chi connectivity index (χ2n) is 8.21. The van der Waals surface area contributed by atoms with Gasteiger partial charge in [0.05, 0.1) is 5.52 Å². The number of benzene rings is 2. The van der Waals surface area contributed by atoms with Crippen LogP contribution in [0.5, 0.6) is 0 Å². The molecule has 0 unspecified atom stereocenters. The molecule has 1 fully saturated rings. The molecule has 30 heavy (non-hydrogen) atoms. The third-order valence-electron chi connectivity index (χ3n) is 6.05. The number of halogens is 2. The van der Waals surface area contributed by atoms with E-state index in [4.69, 9.17) is 0 Å². The maximum atomic E-state index is 15.3. The fourth-order valence-electron chi connectivity index (χ4n) is 4.52. The Kier molecular flexibility index (Phi) is 4.25. The lowest BCUT2D eigenvalue weighted by Crippen LogP contribution is -2.20. The normalized spacial score (nSPS) is 16.2. The van der Waals surface area contributed by atoms with Crippen LogP contribution in [0.2, 0.25) is 0 Å². The zero-order valence-electron chi connectivity index (χ0n) is 16.4. The van der Waals surface area contributed by atoms with Gasteiger partial charge in [0.1, 0.15) is 18.1 Å². The second kappa shape index (κ2) is 6.74. The Labute approximate surface area is 171 Å². The number of aromatic carboxylic acids is 1. The quantitative estimate of drug-likeness (QED) is 0.698. The molecule has 3 aromatic rings. The van der Waals surface area contributed by atoms with Crippen LogP contribution in [-0.2, 0) is 19.8 Å². The van der Waals surface area contributed by atoms with Crippen LogP contribution in [0.4, 0.5) is 8.78 Å². The molecule has 5 rings (SSSR count). The Morgan fingerprint density at radius 1 is 1.20 bits per heavy atom. The zero-order chi connectivity index (χ0) is 21.2. The van der Waals surface area contributed by atoms with Crippen molar-refractivity contribution < 1.29 is 18.7 Å². The summed E-state index contributed by atoms with van der Waals surface area (Å²) in [7, 11) is 2.00. The predicted octanol–water partition coefficient (Wildman–Crippen LogP) is 4.26. The lowest BCUT2D eigenvalue weighted by Gasteiger charge is -2.18. The molecule has 2 heterocycles. The van der Waals surface area contributed by atoms with E-state index in [9.17, 15) is 19.1 Å². The number of carboxylic acid groups (broad SMARTS) is 1. The second-order valence-corrected chi connectivity index (χ2v) is 8.21. The molecular formula is C23H20F2N2O3. The SMILES string of the molecule is CN1Cc2ccc(-c3c(F)cc4c(=O)c(C(=O)O)cn(C5CC5)c4c3CF)cc2C1. The number of hydrogen-bond acceptors (Lipinski definition) is 3. The van der Waals surface area contributed by atoms with Gasteiger partial charge < -0.3 is 9.67 Å². The Morgan fingerprint density at radius 3 is 2.60 bits per heavy atom. The smallest absolute Gasteiger partial charge is 0.341 e. The lowest BCUT2D eigenvalue weighted by molar-refractivity contribution is 0.0695. The van der Waals surface area contributed by atoms with E-state index < -0.39 is 29.5 Å². The van der Waals surface area contributed by atoms with E-state index in [-0.39, 0.29) is 22.6 Å². The summed E-state index contributed by atoms with van der Waals surface area (Å²) >= 11 is 0. The minimum Gasteiger partial charge on any atom is -0.477 e. The van der Waals surface area contributed by atoms with Crippen molar-refractivity contribution in [3.63, 3.8) is 0 Å². The van der Waals surface area contributed by atoms with Crippen LogP contribution in [0.1, 0.15) is 45.9 Å². The monoisotopic (exact) mass is 410 g/mol. The number of rotatable bonds is 4. The highest BCUT2D eigenvalue weighted by molar-refractivity contribution is 5.96. The van der Waals surface area contributed by atoms with Crippen molar-refractivity contribution in [1.29, 1.82) is 0 Å². The Bertz CT molecular complexity index is 1280. The fraction of sp³-hybridized carbons (Fsp3) is 0.304. The number of carbonyl (C=O) groups is 1. The van der Waals surface area contributed by atoms with Crippen molar-refractivity contribution in [1.82, 2.24) is 9.47 Å². The number of hydrogen-bond donors (Lipinski definition) is 1. The van der Waals surface area contributed by atoms with Gasteiger partial charge >= 0.3 is 5.97 Å². The van der Waals surface area contributed by atoms with Gasteiger partial charge in [-0.1, -0.05) is 12.1 Å². The number of nitrogens with zero attached hydrogens (tertiary/aromatic N) is 2. The highest BCUT2D eigenvalue weighted by Gasteiger charge is 2.30. The van der Waals surface area contributed by atoms with E-state index in [1.807, 2.05) is 19.2 Å². The van der Waals surface area contributed by atoms with Crippen LogP contribution in [0.3, 0.4) is 0 Å². The van der Waals surface area contributed by atoms with Crippen molar-refractivity contribution in [3.05, 3.63) is 68.8 Å². The van der Waals surface area contributed by atoms with Gasteiger partial charge in [-0.3, -0.25) is 9.69 Å². The van der Waals surface area contributed by atoms with E-state index >= 15 is 4.39 Å². The molecule has 0 spiro atoms. The molecule has 2 aliphatic rings. The van der Waals surface area contributed by atoms with Crippen LogP contribution in [0, 0.1) is 5.82 Å². The van der Waals surface area contributed by atoms with E-state index in [0.29, 0.717) is 11.1 Å². The molecule has 1 aromatic heterocycles. The summed E-state index contributed by atoms with van der Waals surface area (Å²) in [5.74, 6) is -2.09. The molecule has 1 aliphatic carbocycles. The first-order valence-electron chi connectivity index (χ1n) is 9.89. The molecule has 1 N–H and O–H groups in total. The topological polar surface area (TPSA) is 62.5 Å². The molecule has 0 atom stereocenters. The minimum atomic E-state index is -1.37. The summed E-state index contributed by atoms with van der Waals surface area (Å²) in [5, 5.41) is 9.32. The standard InChI is InChI=1S/C23H20F2N2O3/c1-26-9-13-3-2-12(6-14(13)10-26)20-17(8-24)21-16(7-19(20)25)22(28)18(23(29)30)11-27(21)15-4-5-15/h2-3,6-7,11,15H,4-5,8-10H2,1H3,(H,29,30). The number of carboxylic acids is 1. The average Bonchev–Trinajstić information content (AvgIpc) is 3.47. The molecule has 0 radical (unpaired) electrons. The van der Waals surface area contributed by atoms with Gasteiger partial charge in [-0.15, -0.1) is 0 Å². The van der Waals surface area contributed by atoms with Crippen molar-refractivity contribution in [2.45, 2.75) is 38.6 Å². The van der Waals surface area contributed by atoms with Gasteiger partial charge in [0.25, 0.3) is 0 Å². The minimum absolute atomic E-state index is 0.0107. The molecule has 0 amide bonds. The number of aromatic nitrogens is 1. The van der Waals surface area contributed by atoms with E-state index in [0.717, 1.165) is 43.1 Å². The van der Waals surface area contributed by atoms with Crippen LogP contribution in [0.25, 0.3) is 22.0 Å². The average molecular weight is 410 g/mol. The third kappa shape index (κ3) is 2.84. The van der Waals surface area contributed by atoms with E-state index in [1.54, 1.807) is 10.6 Å². The van der Waals surface area contributed by atoms with E-state index in [1.165, 1.54) is 6.20 Å². The summed E-state index contributed by atoms with van der Waals surface area (Å²) in [6.07, 6.45) is 2.89. The van der Waals surface area contributed by atoms with Crippen molar-refractivity contribution in [3.8, 4) is 11.1 Å². The first-order chi connectivity index (χ1) is 14.4. The van der Waals surface area contributed by atoms with E-state index in [2.05, 4.69) is 4.90 Å². The maximum absolute atomic E-state index is 15.3. The van der Waals surface area contributed by atoms with Gasteiger partial charge in [-0.05, 0) is 48.7 Å². The molecule has 7 heteroatoms. The molecule has 1 aliphatic heterocycles. The molecule has 154 valence electrons. The molecule has 5 nitrogen and oxygen atoms in total. The van der Waals surface area contributed by atoms with Crippen LogP contribution < -0.4 is 5.43 Å². The first kappa shape index (κ1) is 18.9. The first-order valence-corrected chi connectivity index (χ1v) is 9.89. The molecular weight excluding hydrogens is 390 g/mol. The maximum Gasteiger partial charge on any atom is 0.341 e. The largest absolute Gasteiger partial charge is 0.477 e. The molecule has 0 bridgehead atoms. The molecule has 1 saturated carbocycles. The van der Waals surface area contributed by atoms with Crippen molar-refractivity contribution in [2.75, 3.05) is 7.05 Å². The molecule has 0 saturated heterocycles. The highest BCUT2D eigenvalue weighted by Crippen LogP contribution is 2.41. The fourth-order valence-corrected chi connectivity index (χ4v) is 4.52. The summed E-state index contributed by atoms with van der Waals surface area (Å²) in [5.41, 5.74) is 2.11. The van der Waals surface area contributed by atoms with Crippen LogP contribution in [-0.4, -0.2) is 27.6 Å². The Hall–Kier alpha value is -3.06. The summed E-state index contributed by atoms with van der Waals surface area (Å²) in [6, 6.07) is 6.65. The van der Waals surface area contributed by atoms with Crippen molar-refractivity contribution in [2.24, 2.45) is 0 Å². The van der Waals surface area contributed by atoms with Gasteiger partial charge in [0, 0.05) is 41.8 Å². The Morgan fingerprint density at radius 2 is 1.93 bits per heavy atom. The predicted molar refractivity (Wildman–Crippen MR) is 109 cm³/mol. The highest BCUT2D eigenvalue weighted by atomic mass is 19.1. The number of fused-ring (bicyclic) bond motifs is 2. The lowest BCUT2D eigenvalue weighted by atomic mass is 9.93. The number of alkyl halides is 1. The Balaban J connectivity index is 1.83. The van der Waals surface area contributed by atoms with Crippen LogP contribution in [0.15, 0.2) is 35.3 Å². The molecule has 2 aromatic carbocycles. The van der Waals surface area contributed by atoms with Gasteiger partial charge in [0.2, 0.25) is 5.43 Å². The van der Waals surface area contributed by atoms with Crippen molar-refractivity contribution >= 4 is 16.9 Å². The van der Waals surface area contributed by atoms with Gasteiger partial charge in [0.15, 0.2) is 0 Å². The third-order valence-corrected chi connectivity index (χ3v) is 6.05. The summed E-state index contributed by atoms with van der Waals surface area (Å²) < 4.78 is 31.3. The summed E-state index contributed by atoms with van der Waals surface area (Å²) in [4.78, 5) is 26.4. The van der Waals surface area contributed by atoms with Gasteiger partial charge in [-0.2, -0.15) is 0 Å². The number of pyridine rings is 1. The summed E-state index contributed by atoms with van der Waals surface area (Å²) in [6.45, 7) is 0.586. The van der Waals surface area contributed by atoms with Crippen LogP contribution >= 0.6 is 0 Å². The zero-order valence-corrected chi connectivity index (χ0v) is 16.4. The van der Waals surface area contributed by atoms with Gasteiger partial charge in [-0.25, -0.2) is 13.6 Å².